The monoisotopic (exact) mass is 243 g/mol. The van der Waals surface area contributed by atoms with E-state index in [1.165, 1.54) is 0 Å². The van der Waals surface area contributed by atoms with Gasteiger partial charge in [0.2, 0.25) is 0 Å². The van der Waals surface area contributed by atoms with Crippen LogP contribution in [0.4, 0.5) is 0 Å². The van der Waals surface area contributed by atoms with Gasteiger partial charge in [-0.3, -0.25) is 4.98 Å². The fraction of sp³-hybridized carbons (Fsp3) is 0.462. The molecule has 0 aliphatic carbocycles. The first-order valence-electron chi connectivity index (χ1n) is 6.36. The Bertz CT molecular complexity index is 534. The first-order chi connectivity index (χ1) is 8.79. The molecule has 0 aromatic carbocycles. The van der Waals surface area contributed by atoms with Crippen LogP contribution in [0.5, 0.6) is 0 Å². The molecule has 2 aromatic rings. The van der Waals surface area contributed by atoms with Crippen LogP contribution in [0.2, 0.25) is 0 Å². The zero-order valence-electron chi connectivity index (χ0n) is 10.5. The van der Waals surface area contributed by atoms with Gasteiger partial charge in [-0.05, 0) is 31.9 Å². The number of nitrogens with two attached hydrogens (primary N) is 1. The summed E-state index contributed by atoms with van der Waals surface area (Å²) in [4.78, 5) is 8.77. The Morgan fingerprint density at radius 1 is 1.44 bits per heavy atom. The van der Waals surface area contributed by atoms with Gasteiger partial charge in [-0.1, -0.05) is 0 Å². The van der Waals surface area contributed by atoms with Crippen LogP contribution in [0.3, 0.4) is 0 Å². The molecule has 5 nitrogen and oxygen atoms in total. The fourth-order valence-electron chi connectivity index (χ4n) is 2.47. The normalized spacial score (nSPS) is 22.8. The minimum Gasteiger partial charge on any atom is -0.330 e. The van der Waals surface area contributed by atoms with Gasteiger partial charge >= 0.3 is 0 Å². The third-order valence-corrected chi connectivity index (χ3v) is 3.58. The predicted octanol–water partition coefficient (Wildman–Crippen LogP) is 1.74. The van der Waals surface area contributed by atoms with E-state index in [0.29, 0.717) is 18.5 Å². The van der Waals surface area contributed by atoms with Crippen molar-refractivity contribution in [3.63, 3.8) is 0 Å². The maximum Gasteiger partial charge on any atom is 0.182 e. The minimum absolute atomic E-state index is 0.333. The zero-order chi connectivity index (χ0) is 12.5. The average molecular weight is 243 g/mol. The summed E-state index contributed by atoms with van der Waals surface area (Å²) in [5.74, 6) is 2.11. The van der Waals surface area contributed by atoms with Gasteiger partial charge in [-0.2, -0.15) is 5.10 Å². The standard InChI is InChI=1S/C13H17N5/c1-9-4-5-10(7-14)13-16-12(17-18(9)13)11-3-2-6-15-8-11/h2-3,6,8-10H,4-5,7,14H2,1H3. The molecule has 3 heterocycles. The summed E-state index contributed by atoms with van der Waals surface area (Å²) in [5, 5.41) is 4.61. The number of hydrogen-bond acceptors (Lipinski definition) is 4. The molecule has 0 saturated carbocycles. The molecule has 0 spiro atoms. The molecular weight excluding hydrogens is 226 g/mol. The molecule has 5 heteroatoms. The van der Waals surface area contributed by atoms with Gasteiger partial charge in [-0.15, -0.1) is 0 Å². The number of aromatic nitrogens is 4. The lowest BCUT2D eigenvalue weighted by Gasteiger charge is -2.25. The zero-order valence-corrected chi connectivity index (χ0v) is 10.5. The average Bonchev–Trinajstić information content (AvgIpc) is 2.86. The molecule has 18 heavy (non-hydrogen) atoms. The quantitative estimate of drug-likeness (QED) is 0.872. The van der Waals surface area contributed by atoms with Crippen molar-refractivity contribution in [1.29, 1.82) is 0 Å². The Hall–Kier alpha value is -1.75. The van der Waals surface area contributed by atoms with Gasteiger partial charge in [0.25, 0.3) is 0 Å². The highest BCUT2D eigenvalue weighted by Crippen LogP contribution is 2.32. The maximum absolute atomic E-state index is 5.82. The summed E-state index contributed by atoms with van der Waals surface area (Å²) in [6.07, 6.45) is 5.77. The van der Waals surface area contributed by atoms with Gasteiger partial charge in [0.05, 0.1) is 6.04 Å². The second-order valence-electron chi connectivity index (χ2n) is 4.84. The number of hydrogen-bond donors (Lipinski definition) is 1. The molecule has 2 N–H and O–H groups in total. The van der Waals surface area contributed by atoms with Crippen LogP contribution in [0.1, 0.15) is 37.5 Å². The van der Waals surface area contributed by atoms with Gasteiger partial charge < -0.3 is 5.73 Å². The van der Waals surface area contributed by atoms with E-state index in [4.69, 9.17) is 5.73 Å². The minimum atomic E-state index is 0.333. The van der Waals surface area contributed by atoms with Crippen molar-refractivity contribution in [2.24, 2.45) is 5.73 Å². The van der Waals surface area contributed by atoms with Crippen LogP contribution in [-0.2, 0) is 0 Å². The van der Waals surface area contributed by atoms with Crippen LogP contribution in [0.25, 0.3) is 11.4 Å². The highest BCUT2D eigenvalue weighted by Gasteiger charge is 2.27. The van der Waals surface area contributed by atoms with E-state index in [9.17, 15) is 0 Å². The van der Waals surface area contributed by atoms with Crippen LogP contribution >= 0.6 is 0 Å². The highest BCUT2D eigenvalue weighted by atomic mass is 15.4. The van der Waals surface area contributed by atoms with Gasteiger partial charge in [0.15, 0.2) is 5.82 Å². The van der Waals surface area contributed by atoms with Crippen molar-refractivity contribution in [3.8, 4) is 11.4 Å². The summed E-state index contributed by atoms with van der Waals surface area (Å²) in [6, 6.07) is 4.29. The molecule has 0 fully saturated rings. The molecule has 2 atom stereocenters. The van der Waals surface area contributed by atoms with Crippen molar-refractivity contribution >= 4 is 0 Å². The van der Waals surface area contributed by atoms with E-state index >= 15 is 0 Å². The first-order valence-corrected chi connectivity index (χ1v) is 6.36. The van der Waals surface area contributed by atoms with E-state index < -0.39 is 0 Å². The molecule has 94 valence electrons. The second-order valence-corrected chi connectivity index (χ2v) is 4.84. The van der Waals surface area contributed by atoms with Crippen LogP contribution in [-0.4, -0.2) is 26.3 Å². The lowest BCUT2D eigenvalue weighted by atomic mass is 9.95. The summed E-state index contributed by atoms with van der Waals surface area (Å²) in [5.41, 5.74) is 6.78. The Morgan fingerprint density at radius 2 is 2.33 bits per heavy atom. The van der Waals surface area contributed by atoms with Crippen molar-refractivity contribution in [1.82, 2.24) is 19.7 Å². The van der Waals surface area contributed by atoms with E-state index in [-0.39, 0.29) is 0 Å². The Morgan fingerprint density at radius 3 is 3.06 bits per heavy atom. The third-order valence-electron chi connectivity index (χ3n) is 3.58. The van der Waals surface area contributed by atoms with Crippen LogP contribution < -0.4 is 5.73 Å². The maximum atomic E-state index is 5.82. The summed E-state index contributed by atoms with van der Waals surface area (Å²) in [6.45, 7) is 2.82. The van der Waals surface area contributed by atoms with Gasteiger partial charge in [0.1, 0.15) is 5.82 Å². The molecule has 3 rings (SSSR count). The molecule has 1 aliphatic heterocycles. The SMILES string of the molecule is CC1CCC(CN)c2nc(-c3cccnc3)nn21. The Kier molecular flexibility index (Phi) is 2.83. The summed E-state index contributed by atoms with van der Waals surface area (Å²) in [7, 11) is 0. The fourth-order valence-corrected chi connectivity index (χ4v) is 2.47. The molecule has 0 bridgehead atoms. The van der Waals surface area contributed by atoms with E-state index in [1.807, 2.05) is 16.8 Å². The van der Waals surface area contributed by atoms with Crippen molar-refractivity contribution in [2.75, 3.05) is 6.54 Å². The highest BCUT2D eigenvalue weighted by molar-refractivity contribution is 5.52. The summed E-state index contributed by atoms with van der Waals surface area (Å²) < 4.78 is 2.03. The smallest absolute Gasteiger partial charge is 0.182 e. The summed E-state index contributed by atoms with van der Waals surface area (Å²) >= 11 is 0. The number of fused-ring (bicyclic) bond motifs is 1. The molecule has 2 unspecified atom stereocenters. The lowest BCUT2D eigenvalue weighted by molar-refractivity contribution is 0.349. The van der Waals surface area contributed by atoms with Crippen molar-refractivity contribution in [3.05, 3.63) is 30.4 Å². The molecule has 0 saturated heterocycles. The van der Waals surface area contributed by atoms with E-state index in [2.05, 4.69) is 22.0 Å². The molecule has 1 aliphatic rings. The molecule has 0 radical (unpaired) electrons. The number of rotatable bonds is 2. The van der Waals surface area contributed by atoms with Crippen LogP contribution in [0, 0.1) is 0 Å². The van der Waals surface area contributed by atoms with Crippen molar-refractivity contribution in [2.45, 2.75) is 31.7 Å². The van der Waals surface area contributed by atoms with E-state index in [0.717, 1.165) is 30.1 Å². The van der Waals surface area contributed by atoms with Gasteiger partial charge in [-0.25, -0.2) is 9.67 Å². The number of nitrogens with zero attached hydrogens (tertiary/aromatic N) is 4. The number of pyridine rings is 1. The molecule has 2 aromatic heterocycles. The predicted molar refractivity (Wildman–Crippen MR) is 69.0 cm³/mol. The lowest BCUT2D eigenvalue weighted by Crippen LogP contribution is -2.25. The third kappa shape index (κ3) is 1.80. The van der Waals surface area contributed by atoms with Crippen molar-refractivity contribution < 1.29 is 0 Å². The Balaban J connectivity index is 2.05. The second kappa shape index (κ2) is 4.49. The molecular formula is C13H17N5. The largest absolute Gasteiger partial charge is 0.330 e. The first kappa shape index (κ1) is 11.3. The Labute approximate surface area is 106 Å². The van der Waals surface area contributed by atoms with E-state index in [1.54, 1.807) is 12.4 Å². The van der Waals surface area contributed by atoms with Gasteiger partial charge in [0, 0.05) is 30.4 Å². The topological polar surface area (TPSA) is 69.6 Å². The van der Waals surface area contributed by atoms with Crippen LogP contribution in [0.15, 0.2) is 24.5 Å². The molecule has 0 amide bonds.